The number of nitrogens with zero attached hydrogens (tertiary/aromatic N) is 1. The molecule has 96 valence electrons. The molecule has 0 saturated carbocycles. The molecule has 0 aliphatic heterocycles. The van der Waals surface area contributed by atoms with Crippen molar-refractivity contribution in [2.75, 3.05) is 24.4 Å². The number of benzene rings is 1. The Labute approximate surface area is 101 Å². The lowest BCUT2D eigenvalue weighted by molar-refractivity contribution is 0.415. The second-order valence-corrected chi connectivity index (χ2v) is 5.10. The maximum Gasteiger partial charge on any atom is 0.264 e. The van der Waals surface area contributed by atoms with Gasteiger partial charge >= 0.3 is 0 Å². The van der Waals surface area contributed by atoms with E-state index in [0.717, 1.165) is 11.4 Å². The number of rotatable bonds is 6. The van der Waals surface area contributed by atoms with Gasteiger partial charge in [0.25, 0.3) is 10.1 Å². The minimum Gasteiger partial charge on any atom is -0.497 e. The van der Waals surface area contributed by atoms with E-state index in [4.69, 9.17) is 15.1 Å². The zero-order valence-corrected chi connectivity index (χ0v) is 10.4. The Morgan fingerprint density at radius 2 is 1.94 bits per heavy atom. The maximum atomic E-state index is 10.5. The van der Waals surface area contributed by atoms with Gasteiger partial charge in [-0.15, -0.1) is 0 Å². The lowest BCUT2D eigenvalue weighted by Gasteiger charge is -2.18. The normalized spacial score (nSPS) is 11.2. The molecular weight excluding hydrogens is 244 g/mol. The summed E-state index contributed by atoms with van der Waals surface area (Å²) in [6, 6.07) is 7.06. The van der Waals surface area contributed by atoms with Crippen LogP contribution in [0.3, 0.4) is 0 Å². The second-order valence-electron chi connectivity index (χ2n) is 3.53. The van der Waals surface area contributed by atoms with Crippen molar-refractivity contribution in [1.82, 2.24) is 0 Å². The van der Waals surface area contributed by atoms with E-state index in [1.807, 2.05) is 0 Å². The van der Waals surface area contributed by atoms with Gasteiger partial charge in [0.05, 0.1) is 18.6 Å². The highest BCUT2D eigenvalue weighted by atomic mass is 32.2. The summed E-state index contributed by atoms with van der Waals surface area (Å²) in [4.78, 5) is 0. The van der Waals surface area contributed by atoms with Gasteiger partial charge in [-0.2, -0.15) is 8.42 Å². The molecule has 0 spiro atoms. The summed E-state index contributed by atoms with van der Waals surface area (Å²) >= 11 is 0. The molecule has 0 heterocycles. The number of hydrogen-bond donors (Lipinski definition) is 2. The molecule has 0 aliphatic carbocycles. The van der Waals surface area contributed by atoms with Crippen molar-refractivity contribution >= 4 is 15.8 Å². The Balaban J connectivity index is 2.49. The molecule has 1 rings (SSSR count). The van der Waals surface area contributed by atoms with E-state index in [2.05, 4.69) is 0 Å². The van der Waals surface area contributed by atoms with Crippen molar-refractivity contribution < 1.29 is 17.7 Å². The molecule has 0 atom stereocenters. The number of ether oxygens (including phenoxy) is 1. The Morgan fingerprint density at radius 3 is 2.41 bits per heavy atom. The molecule has 0 fully saturated rings. The molecule has 17 heavy (non-hydrogen) atoms. The van der Waals surface area contributed by atoms with Crippen LogP contribution in [0, 0.1) is 0 Å². The van der Waals surface area contributed by atoms with Crippen LogP contribution in [0.15, 0.2) is 24.3 Å². The lowest BCUT2D eigenvalue weighted by Crippen LogP contribution is -2.32. The van der Waals surface area contributed by atoms with E-state index in [-0.39, 0.29) is 12.2 Å². The van der Waals surface area contributed by atoms with Gasteiger partial charge in [0.15, 0.2) is 0 Å². The summed E-state index contributed by atoms with van der Waals surface area (Å²) in [5, 5.41) is 1.42. The lowest BCUT2D eigenvalue weighted by atomic mass is 10.3. The summed E-state index contributed by atoms with van der Waals surface area (Å²) in [5.74, 6) is 6.16. The molecule has 6 nitrogen and oxygen atoms in total. The summed E-state index contributed by atoms with van der Waals surface area (Å²) in [6.07, 6.45) is 0.265. The minimum absolute atomic E-state index is 0.265. The zero-order valence-electron chi connectivity index (χ0n) is 9.54. The Kier molecular flexibility index (Phi) is 4.73. The van der Waals surface area contributed by atoms with Crippen LogP contribution in [-0.4, -0.2) is 32.4 Å². The third-order valence-electron chi connectivity index (χ3n) is 2.21. The van der Waals surface area contributed by atoms with Crippen molar-refractivity contribution in [2.24, 2.45) is 5.84 Å². The van der Waals surface area contributed by atoms with Gasteiger partial charge < -0.3 is 9.75 Å². The van der Waals surface area contributed by atoms with Crippen LogP contribution < -0.4 is 15.6 Å². The van der Waals surface area contributed by atoms with E-state index in [1.54, 1.807) is 31.4 Å². The first kappa shape index (κ1) is 13.8. The molecular formula is C10H16N2O4S. The van der Waals surface area contributed by atoms with E-state index >= 15 is 0 Å². The SMILES string of the molecule is COc1ccc(N(N)CCCS(=O)(=O)O)cc1. The van der Waals surface area contributed by atoms with Gasteiger partial charge in [0.1, 0.15) is 5.75 Å². The molecule has 0 aliphatic rings. The van der Waals surface area contributed by atoms with Crippen molar-refractivity contribution in [1.29, 1.82) is 0 Å². The predicted octanol–water partition coefficient (Wildman–Crippen LogP) is 0.653. The van der Waals surface area contributed by atoms with Gasteiger partial charge in [-0.3, -0.25) is 4.55 Å². The maximum absolute atomic E-state index is 10.5. The predicted molar refractivity (Wildman–Crippen MR) is 65.6 cm³/mol. The topological polar surface area (TPSA) is 92.9 Å². The summed E-state index contributed by atoms with van der Waals surface area (Å²) in [7, 11) is -2.34. The molecule has 1 aromatic carbocycles. The average Bonchev–Trinajstić information content (AvgIpc) is 2.27. The first-order valence-corrected chi connectivity index (χ1v) is 6.65. The molecule has 0 aromatic heterocycles. The van der Waals surface area contributed by atoms with Crippen LogP contribution in [0.4, 0.5) is 5.69 Å². The third kappa shape index (κ3) is 5.03. The van der Waals surface area contributed by atoms with E-state index in [0.29, 0.717) is 6.54 Å². The minimum atomic E-state index is -3.91. The Bertz CT molecular complexity index is 444. The fourth-order valence-corrected chi connectivity index (χ4v) is 1.81. The number of methoxy groups -OCH3 is 1. The van der Waals surface area contributed by atoms with Crippen LogP contribution in [0.5, 0.6) is 5.75 Å². The van der Waals surface area contributed by atoms with Crippen molar-refractivity contribution in [2.45, 2.75) is 6.42 Å². The number of anilines is 1. The van der Waals surface area contributed by atoms with Gasteiger partial charge in [0.2, 0.25) is 0 Å². The molecule has 0 bridgehead atoms. The van der Waals surface area contributed by atoms with Crippen LogP contribution in [0.1, 0.15) is 6.42 Å². The number of nitrogens with two attached hydrogens (primary N) is 1. The molecule has 3 N–H and O–H groups in total. The van der Waals surface area contributed by atoms with E-state index < -0.39 is 10.1 Å². The Morgan fingerprint density at radius 1 is 1.35 bits per heavy atom. The Hall–Kier alpha value is -1.31. The molecule has 0 saturated heterocycles. The second kappa shape index (κ2) is 5.85. The monoisotopic (exact) mass is 260 g/mol. The van der Waals surface area contributed by atoms with Crippen LogP contribution in [0.2, 0.25) is 0 Å². The smallest absolute Gasteiger partial charge is 0.264 e. The summed E-state index contributed by atoms with van der Waals surface area (Å²) < 4.78 is 34.6. The first-order chi connectivity index (χ1) is 7.92. The zero-order chi connectivity index (χ0) is 12.9. The van der Waals surface area contributed by atoms with Gasteiger partial charge in [-0.1, -0.05) is 0 Å². The highest BCUT2D eigenvalue weighted by Crippen LogP contribution is 2.17. The van der Waals surface area contributed by atoms with E-state index in [9.17, 15) is 8.42 Å². The van der Waals surface area contributed by atoms with Gasteiger partial charge in [0, 0.05) is 6.54 Å². The van der Waals surface area contributed by atoms with Crippen molar-refractivity contribution in [3.8, 4) is 5.75 Å². The van der Waals surface area contributed by atoms with E-state index in [1.165, 1.54) is 5.01 Å². The third-order valence-corrected chi connectivity index (χ3v) is 3.01. The van der Waals surface area contributed by atoms with Gasteiger partial charge in [-0.05, 0) is 30.7 Å². The van der Waals surface area contributed by atoms with Crippen LogP contribution in [-0.2, 0) is 10.1 Å². The van der Waals surface area contributed by atoms with Crippen LogP contribution >= 0.6 is 0 Å². The molecule has 7 heteroatoms. The summed E-state index contributed by atoms with van der Waals surface area (Å²) in [5.41, 5.74) is 0.751. The average molecular weight is 260 g/mol. The molecule has 1 aromatic rings. The number of hydrogen-bond acceptors (Lipinski definition) is 5. The van der Waals surface area contributed by atoms with Crippen molar-refractivity contribution in [3.05, 3.63) is 24.3 Å². The number of hydrazine groups is 1. The standard InChI is InChI=1S/C10H16N2O4S/c1-16-10-5-3-9(4-6-10)12(11)7-2-8-17(13,14)15/h3-6H,2,7-8,11H2,1H3,(H,13,14,15). The first-order valence-electron chi connectivity index (χ1n) is 5.04. The quantitative estimate of drug-likeness (QED) is 0.443. The molecule has 0 radical (unpaired) electrons. The highest BCUT2D eigenvalue weighted by Gasteiger charge is 2.06. The summed E-state index contributed by atoms with van der Waals surface area (Å²) in [6.45, 7) is 0.339. The molecule has 0 unspecified atom stereocenters. The van der Waals surface area contributed by atoms with Crippen molar-refractivity contribution in [3.63, 3.8) is 0 Å². The van der Waals surface area contributed by atoms with Gasteiger partial charge in [-0.25, -0.2) is 5.84 Å². The molecule has 0 amide bonds. The highest BCUT2D eigenvalue weighted by molar-refractivity contribution is 7.85. The fourth-order valence-electron chi connectivity index (χ4n) is 1.32. The van der Waals surface area contributed by atoms with Crippen LogP contribution in [0.25, 0.3) is 0 Å². The largest absolute Gasteiger partial charge is 0.497 e. The fraction of sp³-hybridized carbons (Fsp3) is 0.400.